The Morgan fingerprint density at radius 1 is 0.375 bits per heavy atom. The maximum absolute atomic E-state index is 4.97. The van der Waals surface area contributed by atoms with E-state index in [1.807, 2.05) is 60.7 Å². The maximum atomic E-state index is 4.97. The SMILES string of the molecule is c1ccc2c3nc4nc(nc5[nH]c(nc6nc(nc([nH]3)c2c1)-c1ccncc1-6)c1ccccc51)-c1ccncc1-4. The van der Waals surface area contributed by atoms with Gasteiger partial charge in [0.2, 0.25) is 0 Å². The molecule has 10 nitrogen and oxygen atoms in total. The number of aromatic nitrogens is 10. The molecule has 0 saturated heterocycles. The Bertz CT molecular complexity index is 2030. The molecule has 0 aliphatic carbocycles. The Morgan fingerprint density at radius 3 is 1.10 bits per heavy atom. The van der Waals surface area contributed by atoms with Gasteiger partial charge in [0.25, 0.3) is 0 Å². The van der Waals surface area contributed by atoms with Crippen LogP contribution in [0.3, 0.4) is 0 Å². The molecule has 2 N–H and O–H groups in total. The minimum Gasteiger partial charge on any atom is -0.324 e. The van der Waals surface area contributed by atoms with Crippen LogP contribution in [0.2, 0.25) is 0 Å². The third kappa shape index (κ3) is 2.98. The topological polar surface area (TPSA) is 135 Å². The van der Waals surface area contributed by atoms with Gasteiger partial charge in [-0.1, -0.05) is 48.5 Å². The van der Waals surface area contributed by atoms with Crippen molar-refractivity contribution in [2.24, 2.45) is 0 Å². The van der Waals surface area contributed by atoms with Crippen LogP contribution in [0.1, 0.15) is 0 Å². The molecule has 0 amide bonds. The van der Waals surface area contributed by atoms with Crippen LogP contribution in [-0.2, 0) is 0 Å². The third-order valence-electron chi connectivity index (χ3n) is 7.25. The fourth-order valence-corrected chi connectivity index (χ4v) is 5.38. The summed E-state index contributed by atoms with van der Waals surface area (Å²) in [6, 6.07) is 19.8. The fraction of sp³-hybridized carbons (Fsp3) is 0. The molecule has 0 saturated carbocycles. The Kier molecular flexibility index (Phi) is 4.11. The molecular formula is C30H16N10. The van der Waals surface area contributed by atoms with Crippen molar-refractivity contribution in [2.75, 3.05) is 0 Å². The summed E-state index contributed by atoms with van der Waals surface area (Å²) in [4.78, 5) is 45.1. The second-order valence-electron chi connectivity index (χ2n) is 9.54. The van der Waals surface area contributed by atoms with Crippen LogP contribution in [0.4, 0.5) is 0 Å². The van der Waals surface area contributed by atoms with Gasteiger partial charge in [-0.3, -0.25) is 9.97 Å². The molecule has 0 unspecified atom stereocenters. The maximum Gasteiger partial charge on any atom is 0.166 e. The van der Waals surface area contributed by atoms with Crippen LogP contribution in [0.15, 0.2) is 85.5 Å². The summed E-state index contributed by atoms with van der Waals surface area (Å²) in [5.74, 6) is 2.15. The van der Waals surface area contributed by atoms with E-state index >= 15 is 0 Å². The zero-order chi connectivity index (χ0) is 26.2. The standard InChI is InChI=1S/C30H16N10/c1-3-7-17-15(5-1)23-33-25(17)37-29-22-14-32-12-10-20(22)28(40-29)36-24-16-6-2-4-8-18(16)26(34-24)38-30-21-13-31-11-9-19(21)27(35-23)39-30/h1-14H,(H2,33,34,35,36,37,38,39,40). The van der Waals surface area contributed by atoms with E-state index in [4.69, 9.17) is 29.9 Å². The van der Waals surface area contributed by atoms with Gasteiger partial charge in [-0.25, -0.2) is 29.9 Å². The van der Waals surface area contributed by atoms with Crippen molar-refractivity contribution in [3.8, 4) is 45.6 Å². The molecule has 9 rings (SSSR count). The minimum atomic E-state index is 0.526. The van der Waals surface area contributed by atoms with Crippen molar-refractivity contribution in [1.82, 2.24) is 49.8 Å². The summed E-state index contributed by atoms with van der Waals surface area (Å²) < 4.78 is 0. The molecular weight excluding hydrogens is 500 g/mol. The number of pyridine rings is 2. The monoisotopic (exact) mass is 516 g/mol. The lowest BCUT2D eigenvalue weighted by molar-refractivity contribution is 1.19. The zero-order valence-electron chi connectivity index (χ0n) is 20.7. The van der Waals surface area contributed by atoms with E-state index in [0.717, 1.165) is 43.8 Å². The highest BCUT2D eigenvalue weighted by Gasteiger charge is 2.22. The van der Waals surface area contributed by atoms with Crippen molar-refractivity contribution >= 4 is 44.1 Å². The number of nitrogens with zero attached hydrogens (tertiary/aromatic N) is 8. The molecule has 7 heterocycles. The number of hydrogen-bond donors (Lipinski definition) is 2. The number of hydrogen-bond acceptors (Lipinski definition) is 8. The van der Waals surface area contributed by atoms with Crippen molar-refractivity contribution in [3.63, 3.8) is 0 Å². The Hall–Kier alpha value is -5.90. The quantitative estimate of drug-likeness (QED) is 0.264. The van der Waals surface area contributed by atoms with Crippen LogP contribution in [0.5, 0.6) is 0 Å². The summed E-state index contributed by atoms with van der Waals surface area (Å²) in [5.41, 5.74) is 5.92. The van der Waals surface area contributed by atoms with Crippen molar-refractivity contribution in [1.29, 1.82) is 0 Å². The first-order valence-corrected chi connectivity index (χ1v) is 12.7. The Labute approximate surface area is 225 Å². The molecule has 0 radical (unpaired) electrons. The lowest BCUT2D eigenvalue weighted by atomic mass is 10.1. The van der Waals surface area contributed by atoms with E-state index in [-0.39, 0.29) is 0 Å². The van der Waals surface area contributed by atoms with Gasteiger partial charge < -0.3 is 9.97 Å². The number of aromatic amines is 2. The molecule has 0 spiro atoms. The summed E-state index contributed by atoms with van der Waals surface area (Å²) in [5, 5.41) is 3.69. The molecule has 0 fully saturated rings. The number of nitrogens with one attached hydrogen (secondary N) is 2. The third-order valence-corrected chi connectivity index (χ3v) is 7.25. The second kappa shape index (κ2) is 7.81. The highest BCUT2D eigenvalue weighted by molar-refractivity contribution is 6.06. The van der Waals surface area contributed by atoms with Crippen LogP contribution >= 0.6 is 0 Å². The first-order valence-electron chi connectivity index (χ1n) is 12.7. The molecule has 0 atom stereocenters. The molecule has 40 heavy (non-hydrogen) atoms. The second-order valence-corrected chi connectivity index (χ2v) is 9.54. The summed E-state index contributed by atoms with van der Waals surface area (Å²) in [6.45, 7) is 0. The molecule has 10 heteroatoms. The minimum absolute atomic E-state index is 0.526. The van der Waals surface area contributed by atoms with Gasteiger partial charge in [-0.05, 0) is 12.1 Å². The molecule has 2 aliphatic rings. The van der Waals surface area contributed by atoms with Crippen LogP contribution in [0, 0.1) is 0 Å². The van der Waals surface area contributed by atoms with Crippen LogP contribution in [0.25, 0.3) is 89.7 Å². The average molecular weight is 517 g/mol. The summed E-state index contributed by atoms with van der Waals surface area (Å²) >= 11 is 0. The highest BCUT2D eigenvalue weighted by Crippen LogP contribution is 2.36. The van der Waals surface area contributed by atoms with Gasteiger partial charge in [0.05, 0.1) is 0 Å². The van der Waals surface area contributed by atoms with E-state index < -0.39 is 0 Å². The zero-order valence-corrected chi connectivity index (χ0v) is 20.7. The first-order chi connectivity index (χ1) is 19.8. The van der Waals surface area contributed by atoms with Gasteiger partial charge in [-0.15, -0.1) is 0 Å². The largest absolute Gasteiger partial charge is 0.324 e. The van der Waals surface area contributed by atoms with Gasteiger partial charge in [-0.2, -0.15) is 0 Å². The summed E-state index contributed by atoms with van der Waals surface area (Å²) in [7, 11) is 0. The van der Waals surface area contributed by atoms with E-state index in [0.29, 0.717) is 45.9 Å². The van der Waals surface area contributed by atoms with Crippen molar-refractivity contribution in [3.05, 3.63) is 85.5 Å². The average Bonchev–Trinajstić information content (AvgIpc) is 3.73. The van der Waals surface area contributed by atoms with E-state index in [1.54, 1.807) is 24.8 Å². The number of rotatable bonds is 0. The number of benzene rings is 2. The Morgan fingerprint density at radius 2 is 0.725 bits per heavy atom. The molecule has 5 aromatic heterocycles. The first kappa shape index (κ1) is 21.1. The fourth-order valence-electron chi connectivity index (χ4n) is 5.38. The Balaban J connectivity index is 1.51. The van der Waals surface area contributed by atoms with Gasteiger partial charge in [0.1, 0.15) is 22.6 Å². The van der Waals surface area contributed by atoms with Gasteiger partial charge in [0.15, 0.2) is 23.3 Å². The highest BCUT2D eigenvalue weighted by atomic mass is 15.1. The van der Waals surface area contributed by atoms with Crippen molar-refractivity contribution in [2.45, 2.75) is 0 Å². The molecule has 7 aromatic rings. The van der Waals surface area contributed by atoms with Gasteiger partial charge in [0, 0.05) is 68.6 Å². The predicted octanol–water partition coefficient (Wildman–Crippen LogP) is 5.66. The smallest absolute Gasteiger partial charge is 0.166 e. The van der Waals surface area contributed by atoms with Crippen LogP contribution in [-0.4, -0.2) is 49.8 Å². The van der Waals surface area contributed by atoms with E-state index in [2.05, 4.69) is 19.9 Å². The number of H-pyrrole nitrogens is 2. The van der Waals surface area contributed by atoms with Crippen LogP contribution < -0.4 is 0 Å². The molecule has 2 aromatic carbocycles. The molecule has 8 bridgehead atoms. The molecule has 186 valence electrons. The lowest BCUT2D eigenvalue weighted by Crippen LogP contribution is -1.83. The molecule has 2 aliphatic heterocycles. The number of fused-ring (bicyclic) bond motifs is 20. The van der Waals surface area contributed by atoms with E-state index in [9.17, 15) is 0 Å². The predicted molar refractivity (Wildman–Crippen MR) is 152 cm³/mol. The summed E-state index contributed by atoms with van der Waals surface area (Å²) in [6.07, 6.45) is 7.02. The van der Waals surface area contributed by atoms with Gasteiger partial charge >= 0.3 is 0 Å². The lowest BCUT2D eigenvalue weighted by Gasteiger charge is -1.95. The van der Waals surface area contributed by atoms with E-state index in [1.165, 1.54) is 0 Å². The van der Waals surface area contributed by atoms with Crippen molar-refractivity contribution < 1.29 is 0 Å². The normalized spacial score (nSPS) is 12.0.